The lowest BCUT2D eigenvalue weighted by Crippen LogP contribution is -2.48. The highest BCUT2D eigenvalue weighted by molar-refractivity contribution is 6.42. The average Bonchev–Trinajstić information content (AvgIpc) is 2.65. The number of halogens is 3. The number of rotatable bonds is 4. The lowest BCUT2D eigenvalue weighted by atomic mass is 9.93. The molecule has 0 spiro atoms. The fourth-order valence-corrected chi connectivity index (χ4v) is 3.44. The summed E-state index contributed by atoms with van der Waals surface area (Å²) in [7, 11) is 0. The van der Waals surface area contributed by atoms with E-state index < -0.39 is 0 Å². The highest BCUT2D eigenvalue weighted by Gasteiger charge is 2.25. The van der Waals surface area contributed by atoms with Gasteiger partial charge in [-0.3, -0.25) is 9.59 Å². The fraction of sp³-hybridized carbons (Fsp3) is 0.300. The first-order valence-electron chi connectivity index (χ1n) is 8.57. The van der Waals surface area contributed by atoms with Crippen LogP contribution in [0.1, 0.15) is 39.6 Å². The number of piperidine rings is 1. The van der Waals surface area contributed by atoms with Crippen molar-refractivity contribution < 1.29 is 9.59 Å². The number of hydrogen-bond donors (Lipinski definition) is 2. The van der Waals surface area contributed by atoms with Gasteiger partial charge in [-0.1, -0.05) is 48.3 Å². The van der Waals surface area contributed by atoms with Gasteiger partial charge >= 0.3 is 0 Å². The molecule has 1 aliphatic rings. The molecule has 0 bridgehead atoms. The summed E-state index contributed by atoms with van der Waals surface area (Å²) in [4.78, 5) is 25.7. The van der Waals surface area contributed by atoms with E-state index in [1.54, 1.807) is 36.4 Å². The Balaban J connectivity index is 0.00000261. The van der Waals surface area contributed by atoms with Crippen LogP contribution in [0.15, 0.2) is 42.5 Å². The van der Waals surface area contributed by atoms with Crippen molar-refractivity contribution >= 4 is 47.3 Å². The number of benzene rings is 2. The van der Waals surface area contributed by atoms with Crippen molar-refractivity contribution in [2.45, 2.75) is 19.4 Å². The second kappa shape index (κ2) is 9.56. The Morgan fingerprint density at radius 3 is 2.44 bits per heavy atom. The van der Waals surface area contributed by atoms with E-state index in [1.165, 1.54) is 6.07 Å². The van der Waals surface area contributed by atoms with E-state index in [0.29, 0.717) is 32.7 Å². The molecule has 2 aromatic carbocycles. The Bertz CT molecular complexity index is 842. The summed E-state index contributed by atoms with van der Waals surface area (Å²) in [6.07, 6.45) is 0.871. The molecule has 0 saturated carbocycles. The lowest BCUT2D eigenvalue weighted by molar-refractivity contribution is 0.0905. The van der Waals surface area contributed by atoms with Gasteiger partial charge in [-0.25, -0.2) is 0 Å². The van der Waals surface area contributed by atoms with Gasteiger partial charge in [0.2, 0.25) is 0 Å². The van der Waals surface area contributed by atoms with Crippen LogP contribution in [-0.2, 0) is 0 Å². The Hall–Kier alpha value is -1.59. The predicted molar refractivity (Wildman–Crippen MR) is 111 cm³/mol. The molecule has 1 heterocycles. The van der Waals surface area contributed by atoms with Gasteiger partial charge in [0.05, 0.1) is 15.6 Å². The molecule has 7 heteroatoms. The molecule has 3 rings (SSSR count). The van der Waals surface area contributed by atoms with Gasteiger partial charge in [-0.15, -0.1) is 12.4 Å². The maximum atomic E-state index is 12.9. The topological polar surface area (TPSA) is 58.2 Å². The second-order valence-electron chi connectivity index (χ2n) is 6.55. The van der Waals surface area contributed by atoms with E-state index in [1.807, 2.05) is 0 Å². The molecule has 0 radical (unpaired) electrons. The third-order valence-electron chi connectivity index (χ3n) is 4.70. The minimum absolute atomic E-state index is 0. The Labute approximate surface area is 175 Å². The van der Waals surface area contributed by atoms with Gasteiger partial charge in [0.1, 0.15) is 0 Å². The van der Waals surface area contributed by atoms with E-state index in [2.05, 4.69) is 17.6 Å². The molecule has 2 N–H and O–H groups in total. The quantitative estimate of drug-likeness (QED) is 0.712. The Morgan fingerprint density at radius 2 is 1.78 bits per heavy atom. The van der Waals surface area contributed by atoms with Crippen LogP contribution in [0.2, 0.25) is 10.0 Å². The summed E-state index contributed by atoms with van der Waals surface area (Å²) < 4.78 is 0. The van der Waals surface area contributed by atoms with Crippen LogP contribution < -0.4 is 10.6 Å². The van der Waals surface area contributed by atoms with Crippen LogP contribution in [0.25, 0.3) is 0 Å². The standard InChI is InChI=1S/C20H20Cl2N2O2.ClH/c1-12-11-23-9-8-18(12)24-20(26)15-5-3-2-4-14(15)19(25)13-6-7-16(21)17(22)10-13;/h2-7,10,12,18,23H,8-9,11H2,1H3,(H,24,26);1H. The number of ketones is 1. The minimum Gasteiger partial charge on any atom is -0.349 e. The first-order chi connectivity index (χ1) is 12.5. The molecule has 144 valence electrons. The first kappa shape index (κ1) is 21.7. The van der Waals surface area contributed by atoms with Gasteiger partial charge in [-0.05, 0) is 49.7 Å². The first-order valence-corrected chi connectivity index (χ1v) is 9.33. The molecule has 2 atom stereocenters. The molecular formula is C20H21Cl3N2O2. The summed E-state index contributed by atoms with van der Waals surface area (Å²) in [5, 5.41) is 7.08. The molecule has 2 unspecified atom stereocenters. The van der Waals surface area contributed by atoms with Crippen LogP contribution in [0.5, 0.6) is 0 Å². The van der Waals surface area contributed by atoms with Crippen LogP contribution in [0.3, 0.4) is 0 Å². The molecule has 0 aromatic heterocycles. The normalized spacial score (nSPS) is 19.1. The van der Waals surface area contributed by atoms with Gasteiger partial charge < -0.3 is 10.6 Å². The summed E-state index contributed by atoms with van der Waals surface area (Å²) in [6.45, 7) is 3.85. The summed E-state index contributed by atoms with van der Waals surface area (Å²) in [5.74, 6) is -0.147. The van der Waals surface area contributed by atoms with Crippen molar-refractivity contribution in [3.63, 3.8) is 0 Å². The van der Waals surface area contributed by atoms with Crippen LogP contribution in [0, 0.1) is 5.92 Å². The lowest BCUT2D eigenvalue weighted by Gasteiger charge is -2.30. The minimum atomic E-state index is -0.257. The van der Waals surface area contributed by atoms with Gasteiger partial charge in [0, 0.05) is 17.2 Å². The summed E-state index contributed by atoms with van der Waals surface area (Å²) in [6, 6.07) is 11.6. The van der Waals surface area contributed by atoms with Gasteiger partial charge in [-0.2, -0.15) is 0 Å². The van der Waals surface area contributed by atoms with Crippen molar-refractivity contribution in [1.29, 1.82) is 0 Å². The van der Waals surface area contributed by atoms with E-state index >= 15 is 0 Å². The Morgan fingerprint density at radius 1 is 1.07 bits per heavy atom. The molecule has 1 fully saturated rings. The maximum Gasteiger partial charge on any atom is 0.252 e. The molecule has 0 aliphatic carbocycles. The van der Waals surface area contributed by atoms with Crippen molar-refractivity contribution in [1.82, 2.24) is 10.6 Å². The zero-order chi connectivity index (χ0) is 18.7. The molecule has 1 amide bonds. The van der Waals surface area contributed by atoms with Crippen LogP contribution in [0.4, 0.5) is 0 Å². The van der Waals surface area contributed by atoms with Crippen molar-refractivity contribution in [2.24, 2.45) is 5.92 Å². The van der Waals surface area contributed by atoms with E-state index in [9.17, 15) is 9.59 Å². The highest BCUT2D eigenvalue weighted by atomic mass is 35.5. The molecule has 2 aromatic rings. The maximum absolute atomic E-state index is 12.9. The van der Waals surface area contributed by atoms with E-state index in [0.717, 1.165) is 19.5 Å². The van der Waals surface area contributed by atoms with Crippen LogP contribution in [-0.4, -0.2) is 30.8 Å². The SMILES string of the molecule is CC1CNCCC1NC(=O)c1ccccc1C(=O)c1ccc(Cl)c(Cl)c1.Cl. The summed E-state index contributed by atoms with van der Waals surface area (Å²) in [5.41, 5.74) is 1.12. The van der Waals surface area contributed by atoms with Crippen LogP contribution >= 0.6 is 35.6 Å². The molecule has 1 aliphatic heterocycles. The zero-order valence-electron chi connectivity index (χ0n) is 14.8. The number of carbonyl (C=O) groups excluding carboxylic acids is 2. The fourth-order valence-electron chi connectivity index (χ4n) is 3.15. The number of amides is 1. The summed E-state index contributed by atoms with van der Waals surface area (Å²) >= 11 is 11.9. The van der Waals surface area contributed by atoms with Crippen molar-refractivity contribution in [3.05, 3.63) is 69.2 Å². The molecule has 4 nitrogen and oxygen atoms in total. The predicted octanol–water partition coefficient (Wildman–Crippen LogP) is 4.37. The Kier molecular flexibility index (Phi) is 7.68. The molecule has 1 saturated heterocycles. The van der Waals surface area contributed by atoms with E-state index in [-0.39, 0.29) is 30.1 Å². The van der Waals surface area contributed by atoms with E-state index in [4.69, 9.17) is 23.2 Å². The zero-order valence-corrected chi connectivity index (χ0v) is 17.1. The average molecular weight is 428 g/mol. The largest absolute Gasteiger partial charge is 0.349 e. The van der Waals surface area contributed by atoms with Gasteiger partial charge in [0.25, 0.3) is 5.91 Å². The number of hydrogen-bond acceptors (Lipinski definition) is 3. The second-order valence-corrected chi connectivity index (χ2v) is 7.37. The molecular weight excluding hydrogens is 407 g/mol. The highest BCUT2D eigenvalue weighted by Crippen LogP contribution is 2.25. The smallest absolute Gasteiger partial charge is 0.252 e. The van der Waals surface area contributed by atoms with Crippen molar-refractivity contribution in [2.75, 3.05) is 13.1 Å². The third-order valence-corrected chi connectivity index (χ3v) is 5.44. The number of nitrogens with one attached hydrogen (secondary N) is 2. The monoisotopic (exact) mass is 426 g/mol. The molecule has 27 heavy (non-hydrogen) atoms. The van der Waals surface area contributed by atoms with Crippen molar-refractivity contribution in [3.8, 4) is 0 Å². The van der Waals surface area contributed by atoms with Gasteiger partial charge in [0.15, 0.2) is 5.78 Å². The number of carbonyl (C=O) groups is 2. The third kappa shape index (κ3) is 5.02.